The number of piperazine rings is 1. The SMILES string of the molecule is CN1CCN(C)[C@H]2CCCC[C@@H]21. The van der Waals surface area contributed by atoms with Crippen molar-refractivity contribution in [2.75, 3.05) is 27.2 Å². The molecule has 0 bridgehead atoms. The summed E-state index contributed by atoms with van der Waals surface area (Å²) in [7, 11) is 4.58. The van der Waals surface area contributed by atoms with Crippen LogP contribution in [0.1, 0.15) is 25.7 Å². The van der Waals surface area contributed by atoms with Crippen molar-refractivity contribution in [2.24, 2.45) is 0 Å². The maximum absolute atomic E-state index is 2.56. The Bertz CT molecular complexity index is 140. The Kier molecular flexibility index (Phi) is 2.37. The van der Waals surface area contributed by atoms with E-state index in [9.17, 15) is 0 Å². The standard InChI is InChI=1S/C10H20N2/c1-11-7-8-12(2)10-6-4-3-5-9(10)11/h9-10H,3-8H2,1-2H3/t9-,10-/m0/s1. The Balaban J connectivity index is 2.05. The fourth-order valence-corrected chi connectivity index (χ4v) is 2.77. The van der Waals surface area contributed by atoms with E-state index in [1.165, 1.54) is 38.8 Å². The molecule has 1 saturated carbocycles. The summed E-state index contributed by atoms with van der Waals surface area (Å²) in [6, 6.07) is 1.72. The molecule has 1 saturated heterocycles. The smallest absolute Gasteiger partial charge is 0.0248 e. The van der Waals surface area contributed by atoms with Crippen molar-refractivity contribution in [1.82, 2.24) is 9.80 Å². The molecule has 0 aromatic heterocycles. The van der Waals surface area contributed by atoms with Crippen molar-refractivity contribution < 1.29 is 0 Å². The van der Waals surface area contributed by atoms with Gasteiger partial charge >= 0.3 is 0 Å². The third kappa shape index (κ3) is 1.38. The van der Waals surface area contributed by atoms with E-state index in [1.807, 2.05) is 0 Å². The molecule has 1 heterocycles. The van der Waals surface area contributed by atoms with Gasteiger partial charge in [-0.25, -0.2) is 0 Å². The highest BCUT2D eigenvalue weighted by molar-refractivity contribution is 4.91. The molecule has 2 heteroatoms. The van der Waals surface area contributed by atoms with E-state index in [4.69, 9.17) is 0 Å². The minimum absolute atomic E-state index is 0.859. The number of hydrogen-bond donors (Lipinski definition) is 0. The Morgan fingerprint density at radius 1 is 0.833 bits per heavy atom. The minimum atomic E-state index is 0.859. The lowest BCUT2D eigenvalue weighted by Crippen LogP contribution is -2.57. The molecule has 0 radical (unpaired) electrons. The molecule has 2 nitrogen and oxygen atoms in total. The summed E-state index contributed by atoms with van der Waals surface area (Å²) >= 11 is 0. The van der Waals surface area contributed by atoms with Gasteiger partial charge in [-0.05, 0) is 26.9 Å². The first kappa shape index (κ1) is 8.52. The summed E-state index contributed by atoms with van der Waals surface area (Å²) in [6.45, 7) is 2.52. The van der Waals surface area contributed by atoms with Gasteiger partial charge in [0.05, 0.1) is 0 Å². The second-order valence-electron chi connectivity index (χ2n) is 4.38. The second-order valence-corrected chi connectivity index (χ2v) is 4.38. The van der Waals surface area contributed by atoms with Crippen LogP contribution >= 0.6 is 0 Å². The monoisotopic (exact) mass is 168 g/mol. The first-order valence-electron chi connectivity index (χ1n) is 5.19. The summed E-state index contributed by atoms with van der Waals surface area (Å²) < 4.78 is 0. The predicted molar refractivity (Wildman–Crippen MR) is 51.3 cm³/mol. The molecule has 0 aromatic carbocycles. The van der Waals surface area contributed by atoms with Crippen LogP contribution in [0, 0.1) is 0 Å². The molecule has 2 atom stereocenters. The van der Waals surface area contributed by atoms with Gasteiger partial charge < -0.3 is 9.80 Å². The van der Waals surface area contributed by atoms with Gasteiger partial charge in [0, 0.05) is 25.2 Å². The van der Waals surface area contributed by atoms with Gasteiger partial charge in [-0.3, -0.25) is 0 Å². The van der Waals surface area contributed by atoms with E-state index in [0.717, 1.165) is 12.1 Å². The summed E-state index contributed by atoms with van der Waals surface area (Å²) in [5.74, 6) is 0. The van der Waals surface area contributed by atoms with Gasteiger partial charge in [0.1, 0.15) is 0 Å². The minimum Gasteiger partial charge on any atom is -0.301 e. The lowest BCUT2D eigenvalue weighted by molar-refractivity contribution is 0.0263. The molecule has 12 heavy (non-hydrogen) atoms. The fraction of sp³-hybridized carbons (Fsp3) is 1.00. The van der Waals surface area contributed by atoms with E-state index in [1.54, 1.807) is 0 Å². The molecule has 70 valence electrons. The number of hydrogen-bond acceptors (Lipinski definition) is 2. The molecular formula is C10H20N2. The average Bonchev–Trinajstić information content (AvgIpc) is 2.12. The van der Waals surface area contributed by atoms with Crippen LogP contribution in [0.15, 0.2) is 0 Å². The summed E-state index contributed by atoms with van der Waals surface area (Å²) in [5.41, 5.74) is 0. The van der Waals surface area contributed by atoms with Crippen molar-refractivity contribution in [2.45, 2.75) is 37.8 Å². The van der Waals surface area contributed by atoms with Crippen molar-refractivity contribution in [3.63, 3.8) is 0 Å². The molecule has 0 spiro atoms. The maximum atomic E-state index is 2.56. The van der Waals surface area contributed by atoms with Gasteiger partial charge in [-0.1, -0.05) is 12.8 Å². The van der Waals surface area contributed by atoms with Gasteiger partial charge in [0.25, 0.3) is 0 Å². The van der Waals surface area contributed by atoms with Gasteiger partial charge in [0.15, 0.2) is 0 Å². The molecule has 2 rings (SSSR count). The van der Waals surface area contributed by atoms with Crippen molar-refractivity contribution in [3.05, 3.63) is 0 Å². The Morgan fingerprint density at radius 3 is 1.67 bits per heavy atom. The zero-order valence-electron chi connectivity index (χ0n) is 8.29. The normalized spacial score (nSPS) is 39.5. The first-order valence-corrected chi connectivity index (χ1v) is 5.19. The van der Waals surface area contributed by atoms with Crippen LogP contribution in [0.2, 0.25) is 0 Å². The highest BCUT2D eigenvalue weighted by Gasteiger charge is 2.34. The zero-order chi connectivity index (χ0) is 8.55. The van der Waals surface area contributed by atoms with Crippen molar-refractivity contribution >= 4 is 0 Å². The fourth-order valence-electron chi connectivity index (χ4n) is 2.77. The summed E-state index contributed by atoms with van der Waals surface area (Å²) in [4.78, 5) is 5.12. The number of rotatable bonds is 0. The molecule has 0 unspecified atom stereocenters. The summed E-state index contributed by atoms with van der Waals surface area (Å²) in [5, 5.41) is 0. The van der Waals surface area contributed by atoms with Crippen molar-refractivity contribution in [1.29, 1.82) is 0 Å². The molecule has 2 aliphatic rings. The van der Waals surface area contributed by atoms with Crippen LogP contribution in [0.3, 0.4) is 0 Å². The Labute approximate surface area is 75.5 Å². The van der Waals surface area contributed by atoms with Crippen LogP contribution in [0.5, 0.6) is 0 Å². The molecule has 0 aromatic rings. The van der Waals surface area contributed by atoms with Crippen LogP contribution in [-0.4, -0.2) is 49.1 Å². The molecule has 1 aliphatic carbocycles. The molecule has 0 amide bonds. The van der Waals surface area contributed by atoms with E-state index in [0.29, 0.717) is 0 Å². The third-order valence-electron chi connectivity index (χ3n) is 3.63. The molecule has 1 aliphatic heterocycles. The summed E-state index contributed by atoms with van der Waals surface area (Å²) in [6.07, 6.45) is 5.73. The van der Waals surface area contributed by atoms with Crippen LogP contribution < -0.4 is 0 Å². The highest BCUT2D eigenvalue weighted by atomic mass is 15.3. The lowest BCUT2D eigenvalue weighted by atomic mass is 9.87. The highest BCUT2D eigenvalue weighted by Crippen LogP contribution is 2.28. The molecule has 0 N–H and O–H groups in total. The maximum Gasteiger partial charge on any atom is 0.0248 e. The quantitative estimate of drug-likeness (QED) is 0.536. The lowest BCUT2D eigenvalue weighted by Gasteiger charge is -2.47. The van der Waals surface area contributed by atoms with Gasteiger partial charge in [-0.15, -0.1) is 0 Å². The number of fused-ring (bicyclic) bond motifs is 1. The van der Waals surface area contributed by atoms with E-state index < -0.39 is 0 Å². The topological polar surface area (TPSA) is 6.48 Å². The number of nitrogens with zero attached hydrogens (tertiary/aromatic N) is 2. The van der Waals surface area contributed by atoms with Crippen LogP contribution in [0.25, 0.3) is 0 Å². The van der Waals surface area contributed by atoms with E-state index in [2.05, 4.69) is 23.9 Å². The third-order valence-corrected chi connectivity index (χ3v) is 3.63. The molecule has 2 fully saturated rings. The van der Waals surface area contributed by atoms with E-state index in [-0.39, 0.29) is 0 Å². The Hall–Kier alpha value is -0.0800. The van der Waals surface area contributed by atoms with Crippen LogP contribution in [-0.2, 0) is 0 Å². The van der Waals surface area contributed by atoms with Gasteiger partial charge in [0.2, 0.25) is 0 Å². The largest absolute Gasteiger partial charge is 0.301 e. The number of likely N-dealkylation sites (N-methyl/N-ethyl adjacent to an activating group) is 2. The zero-order valence-corrected chi connectivity index (χ0v) is 8.29. The Morgan fingerprint density at radius 2 is 1.25 bits per heavy atom. The van der Waals surface area contributed by atoms with Gasteiger partial charge in [-0.2, -0.15) is 0 Å². The average molecular weight is 168 g/mol. The second kappa shape index (κ2) is 3.35. The first-order chi connectivity index (χ1) is 5.79. The van der Waals surface area contributed by atoms with Crippen LogP contribution in [0.4, 0.5) is 0 Å². The van der Waals surface area contributed by atoms with E-state index >= 15 is 0 Å². The van der Waals surface area contributed by atoms with Crippen molar-refractivity contribution in [3.8, 4) is 0 Å². The predicted octanol–water partition coefficient (Wildman–Crippen LogP) is 1.17. The molecular weight excluding hydrogens is 148 g/mol.